The van der Waals surface area contributed by atoms with Crippen molar-refractivity contribution in [1.29, 1.82) is 0 Å². The van der Waals surface area contributed by atoms with E-state index in [9.17, 15) is 13.2 Å². The molecular formula is C26H28Cl2N2O3S. The number of sulfonamides is 1. The summed E-state index contributed by atoms with van der Waals surface area (Å²) in [6.45, 7) is 6.94. The van der Waals surface area contributed by atoms with Crippen LogP contribution in [0.3, 0.4) is 0 Å². The molecule has 8 heteroatoms. The second kappa shape index (κ2) is 10.9. The van der Waals surface area contributed by atoms with E-state index in [1.165, 1.54) is 4.31 Å². The summed E-state index contributed by atoms with van der Waals surface area (Å²) in [5.74, 6) is -0.401. The molecule has 180 valence electrons. The van der Waals surface area contributed by atoms with Crippen molar-refractivity contribution in [3.63, 3.8) is 0 Å². The lowest BCUT2D eigenvalue weighted by Gasteiger charge is -2.25. The molecule has 0 radical (unpaired) electrons. The number of rotatable bonds is 8. The smallest absolute Gasteiger partial charge is 0.244 e. The van der Waals surface area contributed by atoms with Gasteiger partial charge in [-0.2, -0.15) is 4.31 Å². The highest BCUT2D eigenvalue weighted by Crippen LogP contribution is 2.28. The van der Waals surface area contributed by atoms with Gasteiger partial charge in [0.2, 0.25) is 15.9 Å². The molecule has 3 rings (SSSR count). The number of hydrogen-bond donors (Lipinski definition) is 1. The molecule has 0 fully saturated rings. The van der Waals surface area contributed by atoms with Crippen LogP contribution in [0.1, 0.15) is 40.8 Å². The fourth-order valence-corrected chi connectivity index (χ4v) is 6.16. The van der Waals surface area contributed by atoms with Gasteiger partial charge in [-0.15, -0.1) is 0 Å². The molecule has 3 aromatic rings. The van der Waals surface area contributed by atoms with Gasteiger partial charge < -0.3 is 5.32 Å². The monoisotopic (exact) mass is 518 g/mol. The maximum atomic E-state index is 13.8. The Morgan fingerprint density at radius 2 is 1.56 bits per heavy atom. The molecular weight excluding hydrogens is 491 g/mol. The van der Waals surface area contributed by atoms with Gasteiger partial charge in [-0.1, -0.05) is 77.3 Å². The molecule has 0 aliphatic carbocycles. The van der Waals surface area contributed by atoms with E-state index in [2.05, 4.69) is 5.32 Å². The molecule has 0 heterocycles. The lowest BCUT2D eigenvalue weighted by molar-refractivity contribution is -0.122. The van der Waals surface area contributed by atoms with Crippen molar-refractivity contribution in [2.45, 2.75) is 45.2 Å². The molecule has 0 spiro atoms. The van der Waals surface area contributed by atoms with Crippen molar-refractivity contribution in [2.24, 2.45) is 0 Å². The van der Waals surface area contributed by atoms with E-state index in [4.69, 9.17) is 23.2 Å². The van der Waals surface area contributed by atoms with Crippen LogP contribution in [-0.2, 0) is 21.4 Å². The largest absolute Gasteiger partial charge is 0.348 e. The molecule has 5 nitrogen and oxygen atoms in total. The van der Waals surface area contributed by atoms with Crippen molar-refractivity contribution in [3.8, 4) is 0 Å². The molecule has 0 bridgehead atoms. The fraction of sp³-hybridized carbons (Fsp3) is 0.269. The van der Waals surface area contributed by atoms with Gasteiger partial charge in [0.05, 0.1) is 27.5 Å². The number of carbonyl (C=O) groups excluding carboxylic acids is 1. The van der Waals surface area contributed by atoms with Gasteiger partial charge in [-0.25, -0.2) is 8.42 Å². The second-order valence-corrected chi connectivity index (χ2v) is 11.1. The third kappa shape index (κ3) is 6.19. The summed E-state index contributed by atoms with van der Waals surface area (Å²) in [7, 11) is -4.00. The predicted molar refractivity (Wildman–Crippen MR) is 138 cm³/mol. The van der Waals surface area contributed by atoms with Gasteiger partial charge in [0.15, 0.2) is 0 Å². The highest BCUT2D eigenvalue weighted by atomic mass is 35.5. The number of aryl methyl sites for hydroxylation is 3. The molecule has 0 saturated heterocycles. The Hall–Kier alpha value is -2.38. The van der Waals surface area contributed by atoms with E-state index >= 15 is 0 Å². The molecule has 0 aliphatic heterocycles. The minimum Gasteiger partial charge on any atom is -0.348 e. The molecule has 1 N–H and O–H groups in total. The number of carbonyl (C=O) groups is 1. The van der Waals surface area contributed by atoms with Gasteiger partial charge >= 0.3 is 0 Å². The van der Waals surface area contributed by atoms with Crippen molar-refractivity contribution in [2.75, 3.05) is 6.54 Å². The number of nitrogens with one attached hydrogen (secondary N) is 1. The second-order valence-electron chi connectivity index (χ2n) is 8.45. The summed E-state index contributed by atoms with van der Waals surface area (Å²) in [5.41, 5.74) is 3.80. The average molecular weight is 519 g/mol. The third-order valence-corrected chi connectivity index (χ3v) is 8.38. The number of amides is 1. The number of hydrogen-bond acceptors (Lipinski definition) is 3. The minimum atomic E-state index is -4.00. The van der Waals surface area contributed by atoms with Crippen molar-refractivity contribution in [3.05, 3.63) is 98.5 Å². The maximum Gasteiger partial charge on any atom is 0.244 e. The van der Waals surface area contributed by atoms with Crippen molar-refractivity contribution >= 4 is 39.1 Å². The van der Waals surface area contributed by atoms with E-state index in [0.717, 1.165) is 11.1 Å². The summed E-state index contributed by atoms with van der Waals surface area (Å²) < 4.78 is 28.8. The van der Waals surface area contributed by atoms with Crippen LogP contribution < -0.4 is 5.32 Å². The van der Waals surface area contributed by atoms with Gasteiger partial charge in [0.1, 0.15) is 0 Å². The first-order valence-corrected chi connectivity index (χ1v) is 13.0. The number of benzene rings is 3. The molecule has 0 unspecified atom stereocenters. The SMILES string of the molecule is Cc1cc(C)c(S(=O)(=O)N(CC(=O)N[C@H](C)c2ccccc2)Cc2ccc(Cl)c(Cl)c2)c(C)c1. The van der Waals surface area contributed by atoms with Gasteiger partial charge in [0.25, 0.3) is 0 Å². The van der Waals surface area contributed by atoms with E-state index in [1.54, 1.807) is 32.0 Å². The van der Waals surface area contributed by atoms with Gasteiger partial charge in [0, 0.05) is 6.54 Å². The number of nitrogens with zero attached hydrogens (tertiary/aromatic N) is 1. The molecule has 0 aliphatic rings. The van der Waals surface area contributed by atoms with Crippen molar-refractivity contribution in [1.82, 2.24) is 9.62 Å². The Labute approximate surface area is 211 Å². The molecule has 34 heavy (non-hydrogen) atoms. The Morgan fingerprint density at radius 3 is 2.15 bits per heavy atom. The van der Waals surface area contributed by atoms with Gasteiger partial charge in [-0.05, 0) is 62.1 Å². The van der Waals surface area contributed by atoms with Crippen molar-refractivity contribution < 1.29 is 13.2 Å². The van der Waals surface area contributed by atoms with Crippen LogP contribution in [-0.4, -0.2) is 25.2 Å². The fourth-order valence-electron chi connectivity index (χ4n) is 4.04. The standard InChI is InChI=1S/C26H28Cl2N2O3S/c1-17-12-18(2)26(19(3)13-17)34(32,33)30(15-21-10-11-23(27)24(28)14-21)16-25(31)29-20(4)22-8-6-5-7-9-22/h5-14,20H,15-16H2,1-4H3,(H,29,31)/t20-/m1/s1. The minimum absolute atomic E-state index is 0.0287. The lowest BCUT2D eigenvalue weighted by Crippen LogP contribution is -2.41. The summed E-state index contributed by atoms with van der Waals surface area (Å²) in [6, 6.07) is 17.8. The van der Waals surface area contributed by atoms with E-state index < -0.39 is 15.9 Å². The first-order chi connectivity index (χ1) is 16.0. The first kappa shape index (κ1) is 26.2. The zero-order valence-corrected chi connectivity index (χ0v) is 21.9. The first-order valence-electron chi connectivity index (χ1n) is 10.8. The Balaban J connectivity index is 1.95. The summed E-state index contributed by atoms with van der Waals surface area (Å²) in [5, 5.41) is 3.60. The molecule has 3 aromatic carbocycles. The van der Waals surface area contributed by atoms with Crippen LogP contribution in [0.25, 0.3) is 0 Å². The molecule has 1 atom stereocenters. The summed E-state index contributed by atoms with van der Waals surface area (Å²) in [6.07, 6.45) is 0. The average Bonchev–Trinajstić information content (AvgIpc) is 2.75. The van der Waals surface area contributed by atoms with Crippen LogP contribution in [0.4, 0.5) is 0 Å². The van der Waals surface area contributed by atoms with E-state index in [0.29, 0.717) is 26.7 Å². The molecule has 0 saturated carbocycles. The van der Waals surface area contributed by atoms with Crippen LogP contribution >= 0.6 is 23.2 Å². The molecule has 0 aromatic heterocycles. The summed E-state index contributed by atoms with van der Waals surface area (Å²) >= 11 is 12.2. The lowest BCUT2D eigenvalue weighted by atomic mass is 10.1. The number of halogens is 2. The zero-order chi connectivity index (χ0) is 25.0. The van der Waals surface area contributed by atoms with E-state index in [1.807, 2.05) is 56.3 Å². The van der Waals surface area contributed by atoms with Crippen LogP contribution in [0.15, 0.2) is 65.6 Å². The van der Waals surface area contributed by atoms with E-state index in [-0.39, 0.29) is 24.0 Å². The Morgan fingerprint density at radius 1 is 0.941 bits per heavy atom. The predicted octanol–water partition coefficient (Wildman–Crippen LogP) is 5.99. The highest BCUT2D eigenvalue weighted by Gasteiger charge is 2.30. The Bertz CT molecular complexity index is 1270. The normalized spacial score (nSPS) is 12.6. The third-order valence-electron chi connectivity index (χ3n) is 5.54. The van der Waals surface area contributed by atoms with Gasteiger partial charge in [-0.3, -0.25) is 4.79 Å². The molecule has 1 amide bonds. The topological polar surface area (TPSA) is 66.5 Å². The highest BCUT2D eigenvalue weighted by molar-refractivity contribution is 7.89. The van der Waals surface area contributed by atoms with Crippen LogP contribution in [0, 0.1) is 20.8 Å². The maximum absolute atomic E-state index is 13.8. The quantitative estimate of drug-likeness (QED) is 0.398. The van der Waals surface area contributed by atoms with Crippen LogP contribution in [0.2, 0.25) is 10.0 Å². The summed E-state index contributed by atoms with van der Waals surface area (Å²) in [4.78, 5) is 13.2. The zero-order valence-electron chi connectivity index (χ0n) is 19.6. The Kier molecular flexibility index (Phi) is 8.42. The van der Waals surface area contributed by atoms with Crippen LogP contribution in [0.5, 0.6) is 0 Å².